The first-order chi connectivity index (χ1) is 11.2. The van der Waals surface area contributed by atoms with Gasteiger partial charge in [-0.15, -0.1) is 23.1 Å². The fourth-order valence-electron chi connectivity index (χ4n) is 3.31. The first-order valence-corrected chi connectivity index (χ1v) is 9.29. The van der Waals surface area contributed by atoms with Crippen LogP contribution in [0.25, 0.3) is 0 Å². The van der Waals surface area contributed by atoms with Crippen molar-refractivity contribution in [3.63, 3.8) is 0 Å². The van der Waals surface area contributed by atoms with Crippen molar-refractivity contribution in [1.82, 2.24) is 9.88 Å². The molecular weight excluding hydrogens is 330 g/mol. The highest BCUT2D eigenvalue weighted by Gasteiger charge is 2.56. The van der Waals surface area contributed by atoms with Crippen LogP contribution in [0.5, 0.6) is 0 Å². The molecule has 2 amide bonds. The van der Waals surface area contributed by atoms with Crippen LogP contribution in [0.1, 0.15) is 18.4 Å². The standard InChI is InChI=1S/C16H15N3O2S2/c20-13-6-7-16(11-4-2-1-3-5-11)19(13)12(10-23-16)14(21)18-15-17-8-9-22-15/h1-5,8-9,12H,6-7,10H2,(H,17,18,21)/t12-,16-/m1/s1. The lowest BCUT2D eigenvalue weighted by atomic mass is 10.0. The first-order valence-electron chi connectivity index (χ1n) is 7.43. The molecule has 0 aliphatic carbocycles. The molecule has 2 aromatic rings. The number of carbonyl (C=O) groups excluding carboxylic acids is 2. The zero-order valence-electron chi connectivity index (χ0n) is 12.3. The van der Waals surface area contributed by atoms with E-state index in [2.05, 4.69) is 10.3 Å². The molecule has 2 atom stereocenters. The summed E-state index contributed by atoms with van der Waals surface area (Å²) in [7, 11) is 0. The van der Waals surface area contributed by atoms with Crippen LogP contribution in [0.15, 0.2) is 41.9 Å². The van der Waals surface area contributed by atoms with Gasteiger partial charge in [0.1, 0.15) is 10.9 Å². The van der Waals surface area contributed by atoms with Gasteiger partial charge in [-0.2, -0.15) is 0 Å². The minimum atomic E-state index is -0.445. The van der Waals surface area contributed by atoms with Crippen LogP contribution in [0.3, 0.4) is 0 Å². The Balaban J connectivity index is 1.64. The summed E-state index contributed by atoms with van der Waals surface area (Å²) in [6.45, 7) is 0. The van der Waals surface area contributed by atoms with Gasteiger partial charge in [0.15, 0.2) is 5.13 Å². The Morgan fingerprint density at radius 3 is 2.91 bits per heavy atom. The van der Waals surface area contributed by atoms with E-state index in [1.54, 1.807) is 22.9 Å². The molecule has 1 N–H and O–H groups in total. The zero-order valence-corrected chi connectivity index (χ0v) is 13.9. The van der Waals surface area contributed by atoms with Gasteiger partial charge < -0.3 is 10.2 Å². The molecule has 0 saturated carbocycles. The summed E-state index contributed by atoms with van der Waals surface area (Å²) in [5.41, 5.74) is 1.10. The summed E-state index contributed by atoms with van der Waals surface area (Å²) in [6, 6.07) is 9.56. The summed E-state index contributed by atoms with van der Waals surface area (Å²) in [5.74, 6) is 0.510. The van der Waals surface area contributed by atoms with Gasteiger partial charge in [-0.3, -0.25) is 9.59 Å². The van der Waals surface area contributed by atoms with Crippen LogP contribution < -0.4 is 5.32 Å². The average Bonchev–Trinajstić information content (AvgIpc) is 3.27. The molecule has 2 saturated heterocycles. The van der Waals surface area contributed by atoms with E-state index in [4.69, 9.17) is 0 Å². The van der Waals surface area contributed by atoms with Gasteiger partial charge in [0.25, 0.3) is 0 Å². The Bertz CT molecular complexity index is 735. The van der Waals surface area contributed by atoms with E-state index in [-0.39, 0.29) is 11.8 Å². The van der Waals surface area contributed by atoms with Gasteiger partial charge >= 0.3 is 0 Å². The second-order valence-corrected chi connectivity index (χ2v) is 7.76. The van der Waals surface area contributed by atoms with Gasteiger partial charge in [-0.1, -0.05) is 30.3 Å². The Morgan fingerprint density at radius 2 is 2.17 bits per heavy atom. The molecule has 3 heterocycles. The number of rotatable bonds is 3. The van der Waals surface area contributed by atoms with E-state index >= 15 is 0 Å². The van der Waals surface area contributed by atoms with Gasteiger partial charge in [0.05, 0.1) is 0 Å². The molecule has 0 unspecified atom stereocenters. The molecule has 7 heteroatoms. The number of amides is 2. The molecular formula is C16H15N3O2S2. The van der Waals surface area contributed by atoms with Crippen LogP contribution in [0.4, 0.5) is 5.13 Å². The molecule has 2 aliphatic heterocycles. The second kappa shape index (κ2) is 5.65. The monoisotopic (exact) mass is 345 g/mol. The number of hydrogen-bond acceptors (Lipinski definition) is 5. The minimum absolute atomic E-state index is 0.0538. The number of carbonyl (C=O) groups is 2. The van der Waals surface area contributed by atoms with Gasteiger partial charge in [0, 0.05) is 23.8 Å². The van der Waals surface area contributed by atoms with Gasteiger partial charge in [-0.25, -0.2) is 4.98 Å². The zero-order chi connectivity index (χ0) is 15.9. The number of fused-ring (bicyclic) bond motifs is 1. The van der Waals surface area contributed by atoms with E-state index in [1.807, 2.05) is 35.7 Å². The van der Waals surface area contributed by atoms with Crippen LogP contribution in [0.2, 0.25) is 0 Å². The Hall–Kier alpha value is -1.86. The summed E-state index contributed by atoms with van der Waals surface area (Å²) >= 11 is 3.07. The third-order valence-electron chi connectivity index (χ3n) is 4.32. The topological polar surface area (TPSA) is 62.3 Å². The van der Waals surface area contributed by atoms with E-state index in [0.29, 0.717) is 17.3 Å². The van der Waals surface area contributed by atoms with Crippen molar-refractivity contribution in [2.75, 3.05) is 11.1 Å². The maximum atomic E-state index is 12.6. The molecule has 0 bridgehead atoms. The molecule has 0 radical (unpaired) electrons. The van der Waals surface area contributed by atoms with Crippen molar-refractivity contribution in [3.05, 3.63) is 47.5 Å². The fraction of sp³-hybridized carbons (Fsp3) is 0.312. The molecule has 2 aliphatic rings. The minimum Gasteiger partial charge on any atom is -0.311 e. The van der Waals surface area contributed by atoms with Crippen LogP contribution in [-0.2, 0) is 14.5 Å². The maximum Gasteiger partial charge on any atom is 0.249 e. The summed E-state index contributed by atoms with van der Waals surface area (Å²) in [4.78, 5) is 30.6. The van der Waals surface area contributed by atoms with Crippen molar-refractivity contribution < 1.29 is 9.59 Å². The Morgan fingerprint density at radius 1 is 1.35 bits per heavy atom. The maximum absolute atomic E-state index is 12.6. The third kappa shape index (κ3) is 2.35. The Labute approximate surface area is 142 Å². The number of anilines is 1. The highest BCUT2D eigenvalue weighted by molar-refractivity contribution is 8.00. The third-order valence-corrected chi connectivity index (χ3v) is 6.60. The molecule has 23 heavy (non-hydrogen) atoms. The highest BCUT2D eigenvalue weighted by Crippen LogP contribution is 2.54. The second-order valence-electron chi connectivity index (χ2n) is 5.57. The largest absolute Gasteiger partial charge is 0.311 e. The van der Waals surface area contributed by atoms with E-state index in [0.717, 1.165) is 12.0 Å². The highest BCUT2D eigenvalue weighted by atomic mass is 32.2. The van der Waals surface area contributed by atoms with Crippen molar-refractivity contribution >= 4 is 40.0 Å². The Kier molecular flexibility index (Phi) is 3.61. The number of nitrogens with zero attached hydrogens (tertiary/aromatic N) is 2. The van der Waals surface area contributed by atoms with E-state index in [1.165, 1.54) is 11.3 Å². The molecule has 1 aromatic carbocycles. The normalized spacial score (nSPS) is 26.3. The number of thioether (sulfide) groups is 1. The average molecular weight is 345 g/mol. The number of nitrogens with one attached hydrogen (secondary N) is 1. The number of thiazole rings is 1. The predicted octanol–water partition coefficient (Wildman–Crippen LogP) is 2.67. The lowest BCUT2D eigenvalue weighted by Crippen LogP contribution is -2.48. The van der Waals surface area contributed by atoms with Crippen molar-refractivity contribution in [1.29, 1.82) is 0 Å². The van der Waals surface area contributed by atoms with Crippen LogP contribution >= 0.6 is 23.1 Å². The van der Waals surface area contributed by atoms with Crippen molar-refractivity contribution in [2.24, 2.45) is 0 Å². The summed E-state index contributed by atoms with van der Waals surface area (Å²) in [5, 5.41) is 5.21. The van der Waals surface area contributed by atoms with Crippen LogP contribution in [0, 0.1) is 0 Å². The first kappa shape index (κ1) is 14.7. The lowest BCUT2D eigenvalue weighted by Gasteiger charge is -2.33. The number of hydrogen-bond donors (Lipinski definition) is 1. The number of aromatic nitrogens is 1. The smallest absolute Gasteiger partial charge is 0.249 e. The van der Waals surface area contributed by atoms with E-state index < -0.39 is 10.9 Å². The quantitative estimate of drug-likeness (QED) is 0.929. The SMILES string of the molecule is O=C(Nc1nccs1)[C@H]1CS[C@@]2(c3ccccc3)CCC(=O)N12. The molecule has 4 rings (SSSR count). The van der Waals surface area contributed by atoms with Crippen LogP contribution in [-0.4, -0.2) is 33.5 Å². The predicted molar refractivity (Wildman–Crippen MR) is 91.2 cm³/mol. The van der Waals surface area contributed by atoms with Crippen molar-refractivity contribution in [3.8, 4) is 0 Å². The molecule has 118 valence electrons. The lowest BCUT2D eigenvalue weighted by molar-refractivity contribution is -0.136. The molecule has 0 spiro atoms. The van der Waals surface area contributed by atoms with Gasteiger partial charge in [-0.05, 0) is 12.0 Å². The summed E-state index contributed by atoms with van der Waals surface area (Å²) in [6.07, 6.45) is 2.89. The fourth-order valence-corrected chi connectivity index (χ4v) is 5.49. The van der Waals surface area contributed by atoms with Crippen molar-refractivity contribution in [2.45, 2.75) is 23.8 Å². The van der Waals surface area contributed by atoms with E-state index in [9.17, 15) is 9.59 Å². The molecule has 5 nitrogen and oxygen atoms in total. The number of benzene rings is 1. The molecule has 1 aromatic heterocycles. The van der Waals surface area contributed by atoms with Gasteiger partial charge in [0.2, 0.25) is 11.8 Å². The molecule has 2 fully saturated rings. The summed E-state index contributed by atoms with van der Waals surface area (Å²) < 4.78 is 0.